The van der Waals surface area contributed by atoms with Crippen LogP contribution < -0.4 is 10.6 Å². The largest absolute Gasteiger partial charge is 0.384 e. The second-order valence-electron chi connectivity index (χ2n) is 3.55. The monoisotopic (exact) mass is 188 g/mol. The van der Waals surface area contributed by atoms with Crippen molar-refractivity contribution < 1.29 is 0 Å². The highest BCUT2D eigenvalue weighted by atomic mass is 14.9. The van der Waals surface area contributed by atoms with Crippen LogP contribution in [0.4, 0.5) is 5.69 Å². The summed E-state index contributed by atoms with van der Waals surface area (Å²) in [6.45, 7) is 6.55. The van der Waals surface area contributed by atoms with Gasteiger partial charge in [-0.15, -0.1) is 6.58 Å². The molecule has 0 spiro atoms. The van der Waals surface area contributed by atoms with Crippen LogP contribution in [0.25, 0.3) is 0 Å². The number of benzene rings is 1. The lowest BCUT2D eigenvalue weighted by atomic mass is 10.1. The maximum Gasteiger partial charge on any atom is 0.0419 e. The van der Waals surface area contributed by atoms with E-state index in [0.717, 1.165) is 26.1 Å². The van der Waals surface area contributed by atoms with Crippen molar-refractivity contribution >= 4 is 5.69 Å². The van der Waals surface area contributed by atoms with Crippen molar-refractivity contribution in [1.82, 2.24) is 5.32 Å². The fraction of sp³-hybridized carbons (Fsp3) is 0.333. The van der Waals surface area contributed by atoms with Gasteiger partial charge in [0, 0.05) is 25.3 Å². The van der Waals surface area contributed by atoms with Gasteiger partial charge in [-0.25, -0.2) is 0 Å². The van der Waals surface area contributed by atoms with Crippen molar-refractivity contribution in [2.75, 3.05) is 18.4 Å². The molecule has 0 saturated carbocycles. The first-order valence-corrected chi connectivity index (χ1v) is 5.08. The number of fused-ring (bicyclic) bond motifs is 1. The van der Waals surface area contributed by atoms with Crippen molar-refractivity contribution in [1.29, 1.82) is 0 Å². The summed E-state index contributed by atoms with van der Waals surface area (Å²) in [5.41, 5.74) is 4.15. The Labute approximate surface area is 85.0 Å². The molecule has 0 atom stereocenters. The van der Waals surface area contributed by atoms with Gasteiger partial charge in [0.05, 0.1) is 0 Å². The van der Waals surface area contributed by atoms with Crippen LogP contribution in [-0.4, -0.2) is 13.1 Å². The molecule has 14 heavy (non-hydrogen) atoms. The summed E-state index contributed by atoms with van der Waals surface area (Å²) in [5, 5.41) is 6.75. The lowest BCUT2D eigenvalue weighted by molar-refractivity contribution is 0.762. The van der Waals surface area contributed by atoms with Crippen molar-refractivity contribution in [2.24, 2.45) is 0 Å². The van der Waals surface area contributed by atoms with E-state index in [2.05, 4.69) is 35.4 Å². The van der Waals surface area contributed by atoms with E-state index in [4.69, 9.17) is 0 Å². The molecular formula is C12H16N2. The van der Waals surface area contributed by atoms with E-state index in [0.29, 0.717) is 0 Å². The van der Waals surface area contributed by atoms with Crippen molar-refractivity contribution in [3.05, 3.63) is 42.0 Å². The normalized spacial score (nSPS) is 13.4. The quantitative estimate of drug-likeness (QED) is 0.557. The topological polar surface area (TPSA) is 24.1 Å². The van der Waals surface area contributed by atoms with E-state index < -0.39 is 0 Å². The Morgan fingerprint density at radius 2 is 2.43 bits per heavy atom. The van der Waals surface area contributed by atoms with E-state index in [1.165, 1.54) is 16.8 Å². The molecule has 2 heteroatoms. The fourth-order valence-electron chi connectivity index (χ4n) is 1.87. The van der Waals surface area contributed by atoms with Crippen LogP contribution >= 0.6 is 0 Å². The predicted octanol–water partition coefficient (Wildman–Crippen LogP) is 1.93. The van der Waals surface area contributed by atoms with Gasteiger partial charge in [0.15, 0.2) is 0 Å². The van der Waals surface area contributed by atoms with Gasteiger partial charge < -0.3 is 10.6 Å². The van der Waals surface area contributed by atoms with E-state index in [-0.39, 0.29) is 0 Å². The Balaban J connectivity index is 2.10. The molecule has 0 unspecified atom stereocenters. The lowest BCUT2D eigenvalue weighted by Crippen LogP contribution is -2.13. The lowest BCUT2D eigenvalue weighted by Gasteiger charge is -2.08. The van der Waals surface area contributed by atoms with Crippen LogP contribution in [0.15, 0.2) is 30.9 Å². The third-order valence-electron chi connectivity index (χ3n) is 2.54. The average molecular weight is 188 g/mol. The first-order chi connectivity index (χ1) is 6.92. The average Bonchev–Trinajstić information content (AvgIpc) is 2.67. The molecule has 74 valence electrons. The molecule has 1 aliphatic rings. The van der Waals surface area contributed by atoms with E-state index >= 15 is 0 Å². The van der Waals surface area contributed by atoms with Gasteiger partial charge in [0.2, 0.25) is 0 Å². The molecule has 0 saturated heterocycles. The van der Waals surface area contributed by atoms with Gasteiger partial charge in [-0.2, -0.15) is 0 Å². The van der Waals surface area contributed by atoms with Gasteiger partial charge >= 0.3 is 0 Å². The zero-order chi connectivity index (χ0) is 9.80. The zero-order valence-corrected chi connectivity index (χ0v) is 8.34. The maximum atomic E-state index is 3.69. The van der Waals surface area contributed by atoms with Crippen LogP contribution in [0, 0.1) is 0 Å². The number of hydrogen-bond donors (Lipinski definition) is 2. The van der Waals surface area contributed by atoms with E-state index in [9.17, 15) is 0 Å². The predicted molar refractivity (Wildman–Crippen MR) is 60.5 cm³/mol. The molecule has 0 amide bonds. The molecule has 0 aromatic heterocycles. The molecule has 1 aromatic carbocycles. The minimum atomic E-state index is 0.865. The summed E-state index contributed by atoms with van der Waals surface area (Å²) in [7, 11) is 0. The minimum absolute atomic E-state index is 0.865. The third-order valence-corrected chi connectivity index (χ3v) is 2.54. The summed E-state index contributed by atoms with van der Waals surface area (Å²) in [5.74, 6) is 0. The third kappa shape index (κ3) is 1.80. The Bertz CT molecular complexity index is 331. The molecule has 2 rings (SSSR count). The zero-order valence-electron chi connectivity index (χ0n) is 8.34. The number of para-hydroxylation sites is 1. The maximum absolute atomic E-state index is 3.69. The summed E-state index contributed by atoms with van der Waals surface area (Å²) in [6.07, 6.45) is 3.04. The molecule has 0 bridgehead atoms. The number of rotatable bonds is 4. The molecule has 0 aliphatic carbocycles. The molecule has 0 fully saturated rings. The van der Waals surface area contributed by atoms with Crippen LogP contribution in [0.1, 0.15) is 11.1 Å². The Hall–Kier alpha value is -1.28. The van der Waals surface area contributed by atoms with Crippen LogP contribution in [0.2, 0.25) is 0 Å². The minimum Gasteiger partial charge on any atom is -0.384 e. The number of anilines is 1. The van der Waals surface area contributed by atoms with Gasteiger partial charge in [0.1, 0.15) is 0 Å². The highest BCUT2D eigenvalue weighted by molar-refractivity contribution is 5.61. The molecule has 1 aliphatic heterocycles. The summed E-state index contributed by atoms with van der Waals surface area (Å²) < 4.78 is 0. The van der Waals surface area contributed by atoms with Crippen molar-refractivity contribution in [2.45, 2.75) is 13.0 Å². The molecule has 2 N–H and O–H groups in total. The number of nitrogens with one attached hydrogen (secondary N) is 2. The number of hydrogen-bond acceptors (Lipinski definition) is 2. The molecule has 2 nitrogen and oxygen atoms in total. The first-order valence-electron chi connectivity index (χ1n) is 5.08. The molecular weight excluding hydrogens is 172 g/mol. The van der Waals surface area contributed by atoms with E-state index in [1.807, 2.05) is 6.08 Å². The SMILES string of the molecule is C=CCNCc1cccc2c1NCC2. The van der Waals surface area contributed by atoms with Gasteiger partial charge in [-0.05, 0) is 17.5 Å². The van der Waals surface area contributed by atoms with Crippen LogP contribution in [0.3, 0.4) is 0 Å². The molecule has 1 aromatic rings. The fourth-order valence-corrected chi connectivity index (χ4v) is 1.87. The van der Waals surface area contributed by atoms with E-state index in [1.54, 1.807) is 0 Å². The highest BCUT2D eigenvalue weighted by Gasteiger charge is 2.12. The molecule has 0 radical (unpaired) electrons. The smallest absolute Gasteiger partial charge is 0.0419 e. The standard InChI is InChI=1S/C12H16N2/c1-2-7-13-9-11-5-3-4-10-6-8-14-12(10)11/h2-5,13-14H,1,6-9H2. The van der Waals surface area contributed by atoms with Crippen molar-refractivity contribution in [3.63, 3.8) is 0 Å². The van der Waals surface area contributed by atoms with Crippen molar-refractivity contribution in [3.8, 4) is 0 Å². The van der Waals surface area contributed by atoms with Crippen LogP contribution in [0.5, 0.6) is 0 Å². The Morgan fingerprint density at radius 3 is 3.29 bits per heavy atom. The Kier molecular flexibility index (Phi) is 2.84. The van der Waals surface area contributed by atoms with Gasteiger partial charge in [0.25, 0.3) is 0 Å². The van der Waals surface area contributed by atoms with Gasteiger partial charge in [-0.1, -0.05) is 24.3 Å². The van der Waals surface area contributed by atoms with Gasteiger partial charge in [-0.3, -0.25) is 0 Å². The Morgan fingerprint density at radius 1 is 1.50 bits per heavy atom. The second kappa shape index (κ2) is 4.29. The summed E-state index contributed by atoms with van der Waals surface area (Å²) in [6, 6.07) is 6.51. The summed E-state index contributed by atoms with van der Waals surface area (Å²) in [4.78, 5) is 0. The first kappa shape index (κ1) is 9.28. The summed E-state index contributed by atoms with van der Waals surface area (Å²) >= 11 is 0. The molecule has 1 heterocycles. The second-order valence-corrected chi connectivity index (χ2v) is 3.55. The van der Waals surface area contributed by atoms with Crippen LogP contribution in [-0.2, 0) is 13.0 Å². The highest BCUT2D eigenvalue weighted by Crippen LogP contribution is 2.25.